The third-order valence-corrected chi connectivity index (χ3v) is 5.87. The molecule has 1 aliphatic rings. The van der Waals surface area contributed by atoms with Crippen LogP contribution in [0.2, 0.25) is 0 Å². The summed E-state index contributed by atoms with van der Waals surface area (Å²) in [7, 11) is 0. The number of nitrogens with zero attached hydrogens (tertiary/aromatic N) is 3. The molecule has 1 saturated heterocycles. The molecule has 172 valence electrons. The fourth-order valence-electron chi connectivity index (χ4n) is 3.92. The van der Waals surface area contributed by atoms with Gasteiger partial charge in [0.25, 0.3) is 0 Å². The third kappa shape index (κ3) is 5.12. The number of hydrogen-bond acceptors (Lipinski definition) is 5. The molecule has 0 unspecified atom stereocenters. The molecule has 0 aliphatic carbocycles. The average molecular weight is 451 g/mol. The third-order valence-electron chi connectivity index (χ3n) is 5.87. The molecule has 1 aliphatic heterocycles. The van der Waals surface area contributed by atoms with Crippen LogP contribution in [0.1, 0.15) is 29.8 Å². The summed E-state index contributed by atoms with van der Waals surface area (Å²) in [5.74, 6) is -0.967. The van der Waals surface area contributed by atoms with Gasteiger partial charge in [-0.15, -0.1) is 0 Å². The second-order valence-corrected chi connectivity index (χ2v) is 8.56. The van der Waals surface area contributed by atoms with E-state index in [4.69, 9.17) is 4.98 Å². The lowest BCUT2D eigenvalue weighted by molar-refractivity contribution is -0.118. The van der Waals surface area contributed by atoms with Crippen LogP contribution in [0.5, 0.6) is 0 Å². The lowest BCUT2D eigenvalue weighted by Gasteiger charge is -2.35. The van der Waals surface area contributed by atoms with Crippen molar-refractivity contribution in [1.29, 1.82) is 0 Å². The quantitative estimate of drug-likeness (QED) is 0.591. The van der Waals surface area contributed by atoms with Crippen LogP contribution in [0.15, 0.2) is 48.5 Å². The number of carboxylic acid groups (broad SMARTS) is 1. The van der Waals surface area contributed by atoms with Gasteiger partial charge < -0.3 is 15.3 Å². The van der Waals surface area contributed by atoms with Crippen molar-refractivity contribution in [2.45, 2.75) is 20.4 Å². The Labute approximate surface area is 191 Å². The number of amides is 1. The summed E-state index contributed by atoms with van der Waals surface area (Å²) < 4.78 is 14.0. The SMILES string of the molecule is CC(C)C(=O)Nc1ccc2nc(N3CCN(Cc4ccccc4F)CC3)cc(C(=O)O)c2c1. The number of piperazine rings is 1. The van der Waals surface area contributed by atoms with E-state index in [0.717, 1.165) is 13.1 Å². The maximum absolute atomic E-state index is 14.0. The number of rotatable bonds is 6. The standard InChI is InChI=1S/C25H27FN4O3/c1-16(2)24(31)27-18-7-8-22-19(13-18)20(25(32)33)14-23(28-22)30-11-9-29(10-12-30)15-17-5-3-4-6-21(17)26/h3-8,13-14,16H,9-12,15H2,1-2H3,(H,27,31)(H,32,33). The van der Waals surface area contributed by atoms with Crippen LogP contribution < -0.4 is 10.2 Å². The summed E-state index contributed by atoms with van der Waals surface area (Å²) in [6.07, 6.45) is 0. The molecule has 0 spiro atoms. The van der Waals surface area contributed by atoms with Gasteiger partial charge in [0, 0.05) is 55.3 Å². The van der Waals surface area contributed by atoms with Crippen LogP contribution in [0.4, 0.5) is 15.9 Å². The van der Waals surface area contributed by atoms with E-state index in [0.29, 0.717) is 47.6 Å². The van der Waals surface area contributed by atoms with Crippen molar-refractivity contribution < 1.29 is 19.1 Å². The Balaban J connectivity index is 1.53. The first-order chi connectivity index (χ1) is 15.8. The second-order valence-electron chi connectivity index (χ2n) is 8.56. The van der Waals surface area contributed by atoms with Crippen LogP contribution in [-0.4, -0.2) is 53.0 Å². The highest BCUT2D eigenvalue weighted by atomic mass is 19.1. The van der Waals surface area contributed by atoms with Gasteiger partial charge in [-0.05, 0) is 30.3 Å². The monoisotopic (exact) mass is 450 g/mol. The van der Waals surface area contributed by atoms with Crippen molar-refractivity contribution in [3.63, 3.8) is 0 Å². The molecule has 7 nitrogen and oxygen atoms in total. The second kappa shape index (κ2) is 9.54. The van der Waals surface area contributed by atoms with E-state index >= 15 is 0 Å². The Morgan fingerprint density at radius 2 is 1.82 bits per heavy atom. The van der Waals surface area contributed by atoms with Gasteiger partial charge in [-0.25, -0.2) is 14.2 Å². The van der Waals surface area contributed by atoms with Crippen molar-refractivity contribution in [2.75, 3.05) is 36.4 Å². The minimum atomic E-state index is -1.05. The number of hydrogen-bond donors (Lipinski definition) is 2. The molecule has 33 heavy (non-hydrogen) atoms. The van der Waals surface area contributed by atoms with E-state index < -0.39 is 5.97 Å². The van der Waals surface area contributed by atoms with Gasteiger partial charge in [0.2, 0.25) is 5.91 Å². The van der Waals surface area contributed by atoms with E-state index in [-0.39, 0.29) is 23.2 Å². The molecule has 1 fully saturated rings. The highest BCUT2D eigenvalue weighted by Crippen LogP contribution is 2.27. The minimum absolute atomic E-state index is 0.135. The van der Waals surface area contributed by atoms with Gasteiger partial charge in [-0.1, -0.05) is 32.0 Å². The van der Waals surface area contributed by atoms with Crippen molar-refractivity contribution in [2.24, 2.45) is 5.92 Å². The van der Waals surface area contributed by atoms with E-state index in [9.17, 15) is 19.1 Å². The van der Waals surface area contributed by atoms with Crippen LogP contribution in [0, 0.1) is 11.7 Å². The lowest BCUT2D eigenvalue weighted by atomic mass is 10.1. The first kappa shape index (κ1) is 22.7. The molecule has 8 heteroatoms. The number of carbonyl (C=O) groups excluding carboxylic acids is 1. The number of carbonyl (C=O) groups is 2. The normalized spacial score (nSPS) is 14.6. The zero-order valence-corrected chi connectivity index (χ0v) is 18.7. The summed E-state index contributed by atoms with van der Waals surface area (Å²) in [5, 5.41) is 13.1. The average Bonchev–Trinajstić information content (AvgIpc) is 2.80. The zero-order chi connectivity index (χ0) is 23.5. The molecular formula is C25H27FN4O3. The first-order valence-corrected chi connectivity index (χ1v) is 11.0. The molecule has 3 aromatic rings. The number of fused-ring (bicyclic) bond motifs is 1. The summed E-state index contributed by atoms with van der Waals surface area (Å²) in [6.45, 7) is 6.89. The molecule has 0 bridgehead atoms. The Hall–Kier alpha value is -3.52. The van der Waals surface area contributed by atoms with Gasteiger partial charge in [0.05, 0.1) is 11.1 Å². The topological polar surface area (TPSA) is 85.8 Å². The highest BCUT2D eigenvalue weighted by Gasteiger charge is 2.22. The van der Waals surface area contributed by atoms with Gasteiger partial charge in [0.15, 0.2) is 0 Å². The van der Waals surface area contributed by atoms with Gasteiger partial charge >= 0.3 is 5.97 Å². The van der Waals surface area contributed by atoms with Gasteiger partial charge in [0.1, 0.15) is 11.6 Å². The summed E-state index contributed by atoms with van der Waals surface area (Å²) >= 11 is 0. The Bertz CT molecular complexity index is 1190. The Kier molecular flexibility index (Phi) is 6.55. The van der Waals surface area contributed by atoms with Gasteiger partial charge in [-0.3, -0.25) is 9.69 Å². The fraction of sp³-hybridized carbons (Fsp3) is 0.320. The molecule has 2 heterocycles. The molecule has 0 atom stereocenters. The Morgan fingerprint density at radius 1 is 1.09 bits per heavy atom. The molecule has 0 radical (unpaired) electrons. The van der Waals surface area contributed by atoms with Crippen LogP contribution in [0.3, 0.4) is 0 Å². The number of anilines is 2. The number of halogens is 1. The van der Waals surface area contributed by atoms with Crippen molar-refractivity contribution >= 4 is 34.3 Å². The van der Waals surface area contributed by atoms with Crippen LogP contribution in [0.25, 0.3) is 10.9 Å². The first-order valence-electron chi connectivity index (χ1n) is 11.0. The number of aromatic nitrogens is 1. The molecule has 0 saturated carbocycles. The van der Waals surface area contributed by atoms with Crippen molar-refractivity contribution in [3.05, 3.63) is 65.5 Å². The maximum Gasteiger partial charge on any atom is 0.336 e. The lowest BCUT2D eigenvalue weighted by Crippen LogP contribution is -2.46. The number of nitrogens with one attached hydrogen (secondary N) is 1. The molecule has 2 N–H and O–H groups in total. The molecular weight excluding hydrogens is 423 g/mol. The summed E-state index contributed by atoms with van der Waals surface area (Å²) in [5.41, 5.74) is 1.91. The predicted molar refractivity (Wildman–Crippen MR) is 126 cm³/mol. The largest absolute Gasteiger partial charge is 0.478 e. The smallest absolute Gasteiger partial charge is 0.336 e. The van der Waals surface area contributed by atoms with E-state index in [1.54, 1.807) is 50.2 Å². The molecule has 2 aromatic carbocycles. The number of benzene rings is 2. The predicted octanol–water partition coefficient (Wildman–Crippen LogP) is 3.99. The van der Waals surface area contributed by atoms with Crippen molar-refractivity contribution in [3.8, 4) is 0 Å². The molecule has 1 amide bonds. The fourth-order valence-corrected chi connectivity index (χ4v) is 3.92. The van der Waals surface area contributed by atoms with Gasteiger partial charge in [-0.2, -0.15) is 0 Å². The molecule has 1 aromatic heterocycles. The minimum Gasteiger partial charge on any atom is -0.478 e. The maximum atomic E-state index is 14.0. The Morgan fingerprint density at radius 3 is 2.48 bits per heavy atom. The molecule has 4 rings (SSSR count). The zero-order valence-electron chi connectivity index (χ0n) is 18.7. The summed E-state index contributed by atoms with van der Waals surface area (Å²) in [6, 6.07) is 13.5. The highest BCUT2D eigenvalue weighted by molar-refractivity contribution is 6.05. The van der Waals surface area contributed by atoms with E-state index in [2.05, 4.69) is 15.1 Å². The number of pyridine rings is 1. The van der Waals surface area contributed by atoms with Crippen LogP contribution >= 0.6 is 0 Å². The summed E-state index contributed by atoms with van der Waals surface area (Å²) in [4.78, 5) is 32.9. The van der Waals surface area contributed by atoms with E-state index in [1.165, 1.54) is 6.07 Å². The number of carboxylic acids is 1. The van der Waals surface area contributed by atoms with Crippen molar-refractivity contribution in [1.82, 2.24) is 9.88 Å². The number of aromatic carboxylic acids is 1. The van der Waals surface area contributed by atoms with Crippen LogP contribution in [-0.2, 0) is 11.3 Å². The van der Waals surface area contributed by atoms with E-state index in [1.807, 2.05) is 6.07 Å².